The lowest BCUT2D eigenvalue weighted by molar-refractivity contribution is 0.0694. The Bertz CT molecular complexity index is 913. The molecule has 3 aromatic rings. The third-order valence-electron chi connectivity index (χ3n) is 4.69. The molecular weight excluding hydrogens is 290 g/mol. The quantitative estimate of drug-likeness (QED) is 0.727. The maximum atomic E-state index is 13.1. The van der Waals surface area contributed by atoms with Crippen molar-refractivity contribution in [2.75, 3.05) is 6.54 Å². The summed E-state index contributed by atoms with van der Waals surface area (Å²) in [5.74, 6) is 0.107. The van der Waals surface area contributed by atoms with E-state index in [1.54, 1.807) is 18.6 Å². The maximum Gasteiger partial charge on any atom is 0.271 e. The fraction of sp³-hybridized carbons (Fsp3) is 0.294. The molecule has 114 valence electrons. The van der Waals surface area contributed by atoms with Crippen molar-refractivity contribution in [3.05, 3.63) is 42.7 Å². The van der Waals surface area contributed by atoms with Crippen LogP contribution in [-0.4, -0.2) is 42.9 Å². The molecule has 5 rings (SSSR count). The van der Waals surface area contributed by atoms with E-state index >= 15 is 0 Å². The molecule has 4 heterocycles. The second-order valence-corrected chi connectivity index (χ2v) is 6.10. The van der Waals surface area contributed by atoms with E-state index in [1.807, 2.05) is 17.0 Å². The average molecular weight is 305 g/mol. The molecule has 0 saturated heterocycles. The molecule has 0 aromatic carbocycles. The zero-order valence-electron chi connectivity index (χ0n) is 12.5. The summed E-state index contributed by atoms with van der Waals surface area (Å²) in [5.41, 5.74) is 4.28. The lowest BCUT2D eigenvalue weighted by atomic mass is 10.1. The van der Waals surface area contributed by atoms with Crippen LogP contribution < -0.4 is 0 Å². The van der Waals surface area contributed by atoms with Crippen molar-refractivity contribution in [1.82, 2.24) is 24.4 Å². The van der Waals surface area contributed by atoms with Gasteiger partial charge in [0.2, 0.25) is 0 Å². The summed E-state index contributed by atoms with van der Waals surface area (Å²) in [6.07, 6.45) is 9.01. The predicted molar refractivity (Wildman–Crippen MR) is 84.8 cm³/mol. The highest BCUT2D eigenvalue weighted by atomic mass is 16.2. The summed E-state index contributed by atoms with van der Waals surface area (Å²) >= 11 is 0. The largest absolute Gasteiger partial charge is 0.333 e. The van der Waals surface area contributed by atoms with Crippen molar-refractivity contribution in [3.8, 4) is 11.1 Å². The molecule has 1 saturated carbocycles. The van der Waals surface area contributed by atoms with Gasteiger partial charge in [0.25, 0.3) is 5.91 Å². The molecule has 1 aliphatic heterocycles. The Morgan fingerprint density at radius 2 is 1.96 bits per heavy atom. The summed E-state index contributed by atoms with van der Waals surface area (Å²) < 4.78 is 2.10. The molecule has 0 spiro atoms. The van der Waals surface area contributed by atoms with E-state index in [1.165, 1.54) is 6.33 Å². The first kappa shape index (κ1) is 12.8. The van der Waals surface area contributed by atoms with Crippen LogP contribution in [0.1, 0.15) is 23.3 Å². The Labute approximate surface area is 132 Å². The highest BCUT2D eigenvalue weighted by Crippen LogP contribution is 2.38. The fourth-order valence-electron chi connectivity index (χ4n) is 3.51. The zero-order chi connectivity index (χ0) is 15.4. The second kappa shape index (κ2) is 4.62. The third-order valence-corrected chi connectivity index (χ3v) is 4.69. The summed E-state index contributed by atoms with van der Waals surface area (Å²) in [6.45, 7) is 1.59. The third kappa shape index (κ3) is 1.81. The molecule has 1 fully saturated rings. The van der Waals surface area contributed by atoms with E-state index in [-0.39, 0.29) is 5.91 Å². The van der Waals surface area contributed by atoms with Crippen molar-refractivity contribution >= 4 is 16.9 Å². The van der Waals surface area contributed by atoms with Crippen LogP contribution in [-0.2, 0) is 6.54 Å². The van der Waals surface area contributed by atoms with Crippen LogP contribution in [0.25, 0.3) is 22.2 Å². The van der Waals surface area contributed by atoms with E-state index in [2.05, 4.69) is 19.5 Å². The molecule has 1 amide bonds. The molecule has 0 atom stereocenters. The summed E-state index contributed by atoms with van der Waals surface area (Å²) in [4.78, 5) is 27.9. The number of carbonyl (C=O) groups excluding carboxylic acids is 1. The Morgan fingerprint density at radius 3 is 2.74 bits per heavy atom. The Balaban J connectivity index is 1.81. The Hall–Kier alpha value is -2.76. The van der Waals surface area contributed by atoms with Crippen LogP contribution in [0.4, 0.5) is 0 Å². The topological polar surface area (TPSA) is 63.9 Å². The van der Waals surface area contributed by atoms with Gasteiger partial charge in [-0.2, -0.15) is 0 Å². The van der Waals surface area contributed by atoms with Gasteiger partial charge in [0.05, 0.1) is 11.0 Å². The molecule has 0 bridgehead atoms. The van der Waals surface area contributed by atoms with Crippen molar-refractivity contribution in [2.24, 2.45) is 0 Å². The van der Waals surface area contributed by atoms with E-state index < -0.39 is 0 Å². The molecule has 0 radical (unpaired) electrons. The summed E-state index contributed by atoms with van der Waals surface area (Å²) in [7, 11) is 0. The van der Waals surface area contributed by atoms with Crippen LogP contribution in [0.15, 0.2) is 37.1 Å². The lowest BCUT2D eigenvalue weighted by Gasteiger charge is -2.29. The van der Waals surface area contributed by atoms with Gasteiger partial charge in [-0.05, 0) is 25.0 Å². The molecule has 6 nitrogen and oxygen atoms in total. The number of amides is 1. The minimum atomic E-state index is 0.107. The van der Waals surface area contributed by atoms with Crippen molar-refractivity contribution in [1.29, 1.82) is 0 Å². The number of rotatable bonds is 2. The molecule has 1 aliphatic carbocycles. The SMILES string of the molecule is O=C1c2c(-c3cncnc3)c3ncccc3n2CCN1C1CC1. The van der Waals surface area contributed by atoms with Gasteiger partial charge >= 0.3 is 0 Å². The molecule has 6 heteroatoms. The number of carbonyl (C=O) groups is 1. The Kier molecular flexibility index (Phi) is 2.56. The van der Waals surface area contributed by atoms with E-state index in [4.69, 9.17) is 0 Å². The molecule has 0 unspecified atom stereocenters. The van der Waals surface area contributed by atoms with Gasteiger partial charge in [0, 0.05) is 48.8 Å². The number of hydrogen-bond acceptors (Lipinski definition) is 4. The standard InChI is InChI=1S/C17H15N5O/c23-17-16-14(11-8-18-10-19-9-11)15-13(2-1-5-20-15)22(16)7-6-21(17)12-3-4-12/h1-2,5,8-10,12H,3-4,6-7H2. The van der Waals surface area contributed by atoms with Crippen molar-refractivity contribution in [3.63, 3.8) is 0 Å². The number of pyridine rings is 1. The predicted octanol–water partition coefficient (Wildman–Crippen LogP) is 2.11. The first-order valence-corrected chi connectivity index (χ1v) is 7.88. The molecule has 0 N–H and O–H groups in total. The van der Waals surface area contributed by atoms with Crippen LogP contribution in [0.2, 0.25) is 0 Å². The van der Waals surface area contributed by atoms with Gasteiger partial charge < -0.3 is 9.47 Å². The van der Waals surface area contributed by atoms with Crippen molar-refractivity contribution < 1.29 is 4.79 Å². The van der Waals surface area contributed by atoms with Gasteiger partial charge in [0.15, 0.2) is 0 Å². The monoisotopic (exact) mass is 305 g/mol. The maximum absolute atomic E-state index is 13.1. The van der Waals surface area contributed by atoms with Crippen molar-refractivity contribution in [2.45, 2.75) is 25.4 Å². The lowest BCUT2D eigenvalue weighted by Crippen LogP contribution is -2.41. The number of fused-ring (bicyclic) bond motifs is 3. The van der Waals surface area contributed by atoms with Gasteiger partial charge in [0.1, 0.15) is 12.0 Å². The minimum Gasteiger partial charge on any atom is -0.333 e. The van der Waals surface area contributed by atoms with Crippen LogP contribution in [0.5, 0.6) is 0 Å². The van der Waals surface area contributed by atoms with Gasteiger partial charge in [-0.25, -0.2) is 9.97 Å². The zero-order valence-corrected chi connectivity index (χ0v) is 12.5. The van der Waals surface area contributed by atoms with E-state index in [9.17, 15) is 4.79 Å². The van der Waals surface area contributed by atoms with E-state index in [0.717, 1.165) is 53.8 Å². The number of aromatic nitrogens is 4. The van der Waals surface area contributed by atoms with Crippen LogP contribution >= 0.6 is 0 Å². The molecular formula is C17H15N5O. The molecule has 2 aliphatic rings. The highest BCUT2D eigenvalue weighted by molar-refractivity contribution is 6.09. The summed E-state index contributed by atoms with van der Waals surface area (Å²) in [5, 5.41) is 0. The number of hydrogen-bond donors (Lipinski definition) is 0. The Morgan fingerprint density at radius 1 is 1.13 bits per heavy atom. The van der Waals surface area contributed by atoms with Gasteiger partial charge in [-0.15, -0.1) is 0 Å². The van der Waals surface area contributed by atoms with Crippen LogP contribution in [0, 0.1) is 0 Å². The van der Waals surface area contributed by atoms with Crippen LogP contribution in [0.3, 0.4) is 0 Å². The second-order valence-electron chi connectivity index (χ2n) is 6.10. The average Bonchev–Trinajstić information content (AvgIpc) is 3.38. The minimum absolute atomic E-state index is 0.107. The first-order chi connectivity index (χ1) is 11.3. The van der Waals surface area contributed by atoms with Gasteiger partial charge in [-0.3, -0.25) is 9.78 Å². The molecule has 23 heavy (non-hydrogen) atoms. The molecule has 3 aromatic heterocycles. The highest BCUT2D eigenvalue weighted by Gasteiger charge is 2.39. The van der Waals surface area contributed by atoms with Gasteiger partial charge in [-0.1, -0.05) is 0 Å². The smallest absolute Gasteiger partial charge is 0.271 e. The van der Waals surface area contributed by atoms with E-state index in [0.29, 0.717) is 6.04 Å². The number of nitrogens with zero attached hydrogens (tertiary/aromatic N) is 5. The fourth-order valence-corrected chi connectivity index (χ4v) is 3.51. The summed E-state index contributed by atoms with van der Waals surface area (Å²) in [6, 6.07) is 4.36. The first-order valence-electron chi connectivity index (χ1n) is 7.88. The normalized spacial score (nSPS) is 17.6.